The van der Waals surface area contributed by atoms with E-state index < -0.39 is 10.0 Å². The fourth-order valence-electron chi connectivity index (χ4n) is 3.26. The van der Waals surface area contributed by atoms with E-state index in [-0.39, 0.29) is 16.6 Å². The Hall–Kier alpha value is -2.39. The van der Waals surface area contributed by atoms with Crippen molar-refractivity contribution in [3.8, 4) is 5.75 Å². The highest BCUT2D eigenvalue weighted by atomic mass is 32.2. The molecule has 152 valence electrons. The molecule has 0 radical (unpaired) electrons. The fraction of sp³-hybridized carbons (Fsp3) is 0.474. The highest BCUT2D eigenvalue weighted by Crippen LogP contribution is 2.31. The van der Waals surface area contributed by atoms with E-state index in [9.17, 15) is 13.2 Å². The molecule has 0 saturated carbocycles. The van der Waals surface area contributed by atoms with Gasteiger partial charge in [-0.05, 0) is 43.5 Å². The normalized spacial score (nSPS) is 15.3. The quantitative estimate of drug-likeness (QED) is 0.727. The molecule has 2 aromatic rings. The zero-order valence-corrected chi connectivity index (χ0v) is 16.8. The molecule has 0 aliphatic carbocycles. The highest BCUT2D eigenvalue weighted by Gasteiger charge is 2.29. The summed E-state index contributed by atoms with van der Waals surface area (Å²) in [5.41, 5.74) is 0.445. The molecule has 0 spiro atoms. The van der Waals surface area contributed by atoms with E-state index in [0.29, 0.717) is 38.2 Å². The van der Waals surface area contributed by atoms with Crippen molar-refractivity contribution in [1.29, 1.82) is 0 Å². The molecule has 2 heterocycles. The summed E-state index contributed by atoms with van der Waals surface area (Å²) in [7, 11) is -2.22. The Kier molecular flexibility index (Phi) is 6.69. The molecule has 1 N–H and O–H groups in total. The van der Waals surface area contributed by atoms with Gasteiger partial charge in [0.1, 0.15) is 10.6 Å². The van der Waals surface area contributed by atoms with Crippen molar-refractivity contribution in [2.24, 2.45) is 0 Å². The lowest BCUT2D eigenvalue weighted by molar-refractivity contribution is -0.116. The van der Waals surface area contributed by atoms with Gasteiger partial charge in [-0.3, -0.25) is 9.48 Å². The van der Waals surface area contributed by atoms with E-state index in [1.807, 2.05) is 12.3 Å². The number of nitrogens with one attached hydrogen (secondary N) is 1. The van der Waals surface area contributed by atoms with E-state index in [0.717, 1.165) is 19.3 Å². The topological polar surface area (TPSA) is 93.5 Å². The summed E-state index contributed by atoms with van der Waals surface area (Å²) in [5.74, 6) is 0.112. The molecule has 1 aliphatic rings. The van der Waals surface area contributed by atoms with E-state index in [1.54, 1.807) is 23.0 Å². The molecule has 0 bridgehead atoms. The van der Waals surface area contributed by atoms with Crippen LogP contribution in [0, 0.1) is 0 Å². The number of carbonyl (C=O) groups excluding carboxylic acids is 1. The number of rotatable bonds is 8. The zero-order valence-electron chi connectivity index (χ0n) is 16.0. The number of hydrogen-bond acceptors (Lipinski definition) is 5. The van der Waals surface area contributed by atoms with Gasteiger partial charge in [-0.2, -0.15) is 9.40 Å². The van der Waals surface area contributed by atoms with Crippen LogP contribution in [-0.4, -0.2) is 48.6 Å². The molecule has 0 unspecified atom stereocenters. The Morgan fingerprint density at radius 2 is 2.04 bits per heavy atom. The van der Waals surface area contributed by atoms with Crippen LogP contribution in [-0.2, 0) is 21.4 Å². The standard InChI is InChI=1S/C19H26N4O4S/c1-27-17-9-8-16(21-19(24)7-5-11-22-12-6-10-20-22)15-18(17)28(25,26)23-13-3-2-4-14-23/h6,8-10,12,15H,2-5,7,11,13-14H2,1H3,(H,21,24). The maximum atomic E-state index is 13.0. The summed E-state index contributed by atoms with van der Waals surface area (Å²) in [4.78, 5) is 12.3. The number of methoxy groups -OCH3 is 1. The molecule has 1 aliphatic heterocycles. The number of piperidine rings is 1. The minimum Gasteiger partial charge on any atom is -0.495 e. The summed E-state index contributed by atoms with van der Waals surface area (Å²) in [6.07, 6.45) is 7.25. The molecular weight excluding hydrogens is 380 g/mol. The molecule has 1 aromatic carbocycles. The molecule has 1 amide bonds. The number of sulfonamides is 1. The number of amides is 1. The second kappa shape index (κ2) is 9.20. The second-order valence-electron chi connectivity index (χ2n) is 6.75. The van der Waals surface area contributed by atoms with Crippen LogP contribution < -0.4 is 10.1 Å². The average Bonchev–Trinajstić information content (AvgIpc) is 3.22. The van der Waals surface area contributed by atoms with Gasteiger partial charge in [0.15, 0.2) is 0 Å². The Bertz CT molecular complexity index is 891. The van der Waals surface area contributed by atoms with E-state index >= 15 is 0 Å². The number of ether oxygens (including phenoxy) is 1. The van der Waals surface area contributed by atoms with Gasteiger partial charge >= 0.3 is 0 Å². The van der Waals surface area contributed by atoms with Gasteiger partial charge in [0.25, 0.3) is 0 Å². The van der Waals surface area contributed by atoms with Crippen molar-refractivity contribution in [3.63, 3.8) is 0 Å². The molecule has 0 atom stereocenters. The Morgan fingerprint density at radius 3 is 2.71 bits per heavy atom. The van der Waals surface area contributed by atoms with Crippen LogP contribution >= 0.6 is 0 Å². The minimum atomic E-state index is -3.66. The number of aromatic nitrogens is 2. The molecule has 1 fully saturated rings. The van der Waals surface area contributed by atoms with Gasteiger partial charge in [-0.25, -0.2) is 8.42 Å². The van der Waals surface area contributed by atoms with Crippen molar-refractivity contribution in [1.82, 2.24) is 14.1 Å². The zero-order chi connectivity index (χ0) is 20.0. The van der Waals surface area contributed by atoms with Gasteiger partial charge in [-0.1, -0.05) is 6.42 Å². The highest BCUT2D eigenvalue weighted by molar-refractivity contribution is 7.89. The number of nitrogens with zero attached hydrogens (tertiary/aromatic N) is 3. The Balaban J connectivity index is 1.68. The molecule has 8 nitrogen and oxygen atoms in total. The second-order valence-corrected chi connectivity index (χ2v) is 8.66. The third kappa shape index (κ3) is 4.90. The first-order valence-electron chi connectivity index (χ1n) is 9.46. The number of benzene rings is 1. The van der Waals surface area contributed by atoms with Gasteiger partial charge in [0.2, 0.25) is 15.9 Å². The summed E-state index contributed by atoms with van der Waals surface area (Å²) in [6, 6.07) is 6.55. The first-order valence-corrected chi connectivity index (χ1v) is 10.9. The lowest BCUT2D eigenvalue weighted by Gasteiger charge is -2.26. The lowest BCUT2D eigenvalue weighted by atomic mass is 10.2. The van der Waals surface area contributed by atoms with Gasteiger partial charge in [0.05, 0.1) is 7.11 Å². The minimum absolute atomic E-state index is 0.0891. The molecule has 1 aromatic heterocycles. The van der Waals surface area contributed by atoms with Crippen molar-refractivity contribution >= 4 is 21.6 Å². The molecule has 3 rings (SSSR count). The van der Waals surface area contributed by atoms with E-state index in [1.165, 1.54) is 17.5 Å². The first-order chi connectivity index (χ1) is 13.5. The van der Waals surface area contributed by atoms with Gasteiger partial charge < -0.3 is 10.1 Å². The lowest BCUT2D eigenvalue weighted by Crippen LogP contribution is -2.35. The van der Waals surface area contributed by atoms with Crippen LogP contribution in [0.5, 0.6) is 5.75 Å². The first kappa shape index (κ1) is 20.3. The molecule has 9 heteroatoms. The fourth-order valence-corrected chi connectivity index (χ4v) is 4.96. The number of anilines is 1. The largest absolute Gasteiger partial charge is 0.495 e. The van der Waals surface area contributed by atoms with Crippen molar-refractivity contribution in [2.45, 2.75) is 43.5 Å². The maximum Gasteiger partial charge on any atom is 0.246 e. The molecule has 1 saturated heterocycles. The van der Waals surface area contributed by atoms with Gasteiger partial charge in [-0.15, -0.1) is 0 Å². The van der Waals surface area contributed by atoms with E-state index in [2.05, 4.69) is 10.4 Å². The van der Waals surface area contributed by atoms with Crippen molar-refractivity contribution < 1.29 is 17.9 Å². The van der Waals surface area contributed by atoms with Crippen LogP contribution in [0.2, 0.25) is 0 Å². The maximum absolute atomic E-state index is 13.0. The Morgan fingerprint density at radius 1 is 1.25 bits per heavy atom. The summed E-state index contributed by atoms with van der Waals surface area (Å²) < 4.78 is 34.6. The predicted octanol–water partition coefficient (Wildman–Crippen LogP) is 2.49. The van der Waals surface area contributed by atoms with Crippen molar-refractivity contribution in [2.75, 3.05) is 25.5 Å². The Labute approximate surface area is 165 Å². The van der Waals surface area contributed by atoms with Crippen LogP contribution in [0.4, 0.5) is 5.69 Å². The number of hydrogen-bond donors (Lipinski definition) is 1. The van der Waals surface area contributed by atoms with Gasteiger partial charge in [0, 0.05) is 44.1 Å². The van der Waals surface area contributed by atoms with E-state index in [4.69, 9.17) is 4.74 Å². The number of carbonyl (C=O) groups is 1. The third-order valence-electron chi connectivity index (χ3n) is 4.73. The summed E-state index contributed by atoms with van der Waals surface area (Å²) in [6.45, 7) is 1.67. The smallest absolute Gasteiger partial charge is 0.246 e. The summed E-state index contributed by atoms with van der Waals surface area (Å²) >= 11 is 0. The monoisotopic (exact) mass is 406 g/mol. The van der Waals surface area contributed by atoms with Crippen LogP contribution in [0.1, 0.15) is 32.1 Å². The SMILES string of the molecule is COc1ccc(NC(=O)CCCn2cccn2)cc1S(=O)(=O)N1CCCCC1. The molecule has 28 heavy (non-hydrogen) atoms. The van der Waals surface area contributed by atoms with Crippen molar-refractivity contribution in [3.05, 3.63) is 36.7 Å². The average molecular weight is 407 g/mol. The molecular formula is C19H26N4O4S. The third-order valence-corrected chi connectivity index (χ3v) is 6.65. The van der Waals surface area contributed by atoms with Crippen LogP contribution in [0.15, 0.2) is 41.6 Å². The predicted molar refractivity (Wildman–Crippen MR) is 106 cm³/mol. The van der Waals surface area contributed by atoms with Crippen LogP contribution in [0.3, 0.4) is 0 Å². The van der Waals surface area contributed by atoms with Crippen LogP contribution in [0.25, 0.3) is 0 Å². The summed E-state index contributed by atoms with van der Waals surface area (Å²) in [5, 5.41) is 6.88. The number of aryl methyl sites for hydroxylation is 1.